The fraction of sp³-hybridized carbons (Fsp3) is 0.190. The average molecular weight is 374 g/mol. The van der Waals surface area contributed by atoms with Gasteiger partial charge in [-0.05, 0) is 36.2 Å². The van der Waals surface area contributed by atoms with E-state index in [1.807, 2.05) is 18.2 Å². The van der Waals surface area contributed by atoms with Gasteiger partial charge in [-0.25, -0.2) is 0 Å². The van der Waals surface area contributed by atoms with Gasteiger partial charge in [0.2, 0.25) is 5.91 Å². The highest BCUT2D eigenvalue weighted by Crippen LogP contribution is 2.22. The van der Waals surface area contributed by atoms with E-state index in [-0.39, 0.29) is 30.7 Å². The molecular formula is C21H18N4O3. The van der Waals surface area contributed by atoms with E-state index in [2.05, 4.69) is 15.3 Å². The molecule has 0 spiro atoms. The number of rotatable bonds is 6. The number of carbonyl (C=O) groups is 3. The van der Waals surface area contributed by atoms with Crippen LogP contribution in [0.5, 0.6) is 0 Å². The molecule has 3 aromatic rings. The Balaban J connectivity index is 1.27. The monoisotopic (exact) mass is 374 g/mol. The van der Waals surface area contributed by atoms with Gasteiger partial charge in [-0.2, -0.15) is 0 Å². The molecule has 2 heterocycles. The predicted octanol–water partition coefficient (Wildman–Crippen LogP) is 2.32. The number of benzene rings is 2. The highest BCUT2D eigenvalue weighted by molar-refractivity contribution is 6.21. The number of nitrogens with one attached hydrogen (secondary N) is 1. The molecule has 28 heavy (non-hydrogen) atoms. The molecule has 4 rings (SSSR count). The minimum absolute atomic E-state index is 0.129. The molecular weight excluding hydrogens is 356 g/mol. The van der Waals surface area contributed by atoms with E-state index in [1.165, 1.54) is 4.90 Å². The van der Waals surface area contributed by atoms with Crippen molar-refractivity contribution >= 4 is 28.8 Å². The van der Waals surface area contributed by atoms with Crippen LogP contribution in [0.15, 0.2) is 54.9 Å². The van der Waals surface area contributed by atoms with Crippen molar-refractivity contribution in [2.45, 2.75) is 19.4 Å². The Kier molecular flexibility index (Phi) is 4.80. The van der Waals surface area contributed by atoms with E-state index in [1.54, 1.807) is 36.7 Å². The van der Waals surface area contributed by atoms with Gasteiger partial charge in [0.15, 0.2) is 0 Å². The summed E-state index contributed by atoms with van der Waals surface area (Å²) >= 11 is 0. The summed E-state index contributed by atoms with van der Waals surface area (Å²) in [5.74, 6) is -0.715. The SMILES string of the molecule is O=C(CCCN1C(=O)c2ccccc2C1=O)NCc1ccc2nccnc2c1. The van der Waals surface area contributed by atoms with Crippen molar-refractivity contribution in [3.05, 3.63) is 71.5 Å². The highest BCUT2D eigenvalue weighted by Gasteiger charge is 2.34. The minimum atomic E-state index is -0.293. The number of carbonyl (C=O) groups excluding carboxylic acids is 3. The number of aromatic nitrogens is 2. The average Bonchev–Trinajstić information content (AvgIpc) is 2.97. The van der Waals surface area contributed by atoms with Crippen molar-refractivity contribution in [1.29, 1.82) is 0 Å². The van der Waals surface area contributed by atoms with E-state index in [0.717, 1.165) is 16.6 Å². The Hall–Kier alpha value is -3.61. The highest BCUT2D eigenvalue weighted by atomic mass is 16.2. The molecule has 2 aromatic carbocycles. The smallest absolute Gasteiger partial charge is 0.261 e. The van der Waals surface area contributed by atoms with Crippen LogP contribution in [0.1, 0.15) is 39.1 Å². The molecule has 0 saturated heterocycles. The lowest BCUT2D eigenvalue weighted by Crippen LogP contribution is -2.32. The van der Waals surface area contributed by atoms with Crippen LogP contribution in [-0.4, -0.2) is 39.1 Å². The van der Waals surface area contributed by atoms with Gasteiger partial charge in [-0.3, -0.25) is 29.3 Å². The second-order valence-electron chi connectivity index (χ2n) is 6.57. The molecule has 1 aliphatic heterocycles. The Bertz CT molecular complexity index is 1040. The van der Waals surface area contributed by atoms with Gasteiger partial charge in [0, 0.05) is 31.9 Å². The molecule has 1 aromatic heterocycles. The molecule has 7 nitrogen and oxygen atoms in total. The van der Waals surface area contributed by atoms with Crippen molar-refractivity contribution in [3.8, 4) is 0 Å². The minimum Gasteiger partial charge on any atom is -0.352 e. The van der Waals surface area contributed by atoms with E-state index < -0.39 is 0 Å². The van der Waals surface area contributed by atoms with Crippen molar-refractivity contribution in [2.24, 2.45) is 0 Å². The predicted molar refractivity (Wildman–Crippen MR) is 102 cm³/mol. The molecule has 0 fully saturated rings. The lowest BCUT2D eigenvalue weighted by Gasteiger charge is -2.13. The van der Waals surface area contributed by atoms with Gasteiger partial charge in [0.1, 0.15) is 0 Å². The van der Waals surface area contributed by atoms with E-state index in [4.69, 9.17) is 0 Å². The summed E-state index contributed by atoms with van der Waals surface area (Å²) in [6.45, 7) is 0.615. The second kappa shape index (κ2) is 7.56. The molecule has 0 bridgehead atoms. The third-order valence-electron chi connectivity index (χ3n) is 4.69. The third-order valence-corrected chi connectivity index (χ3v) is 4.69. The zero-order valence-electron chi connectivity index (χ0n) is 15.1. The van der Waals surface area contributed by atoms with E-state index >= 15 is 0 Å². The Morgan fingerprint density at radius 2 is 1.61 bits per heavy atom. The number of hydrogen-bond acceptors (Lipinski definition) is 5. The standard InChI is InChI=1S/C21H18N4O3/c26-19(24-13-14-7-8-17-18(12-14)23-10-9-22-17)6-3-11-25-20(27)15-4-1-2-5-16(15)21(25)28/h1-2,4-5,7-10,12H,3,6,11,13H2,(H,24,26). The fourth-order valence-corrected chi connectivity index (χ4v) is 3.25. The number of imide groups is 1. The number of nitrogens with zero attached hydrogens (tertiary/aromatic N) is 3. The second-order valence-corrected chi connectivity index (χ2v) is 6.57. The van der Waals surface area contributed by atoms with E-state index in [9.17, 15) is 14.4 Å². The van der Waals surface area contributed by atoms with Gasteiger partial charge in [0.25, 0.3) is 11.8 Å². The summed E-state index contributed by atoms with van der Waals surface area (Å²) in [7, 11) is 0. The summed E-state index contributed by atoms with van der Waals surface area (Å²) in [5, 5.41) is 2.85. The topological polar surface area (TPSA) is 92.3 Å². The lowest BCUT2D eigenvalue weighted by molar-refractivity contribution is -0.121. The van der Waals surface area contributed by atoms with Crippen molar-refractivity contribution in [1.82, 2.24) is 20.2 Å². The molecule has 0 unspecified atom stereocenters. The zero-order chi connectivity index (χ0) is 19.5. The Morgan fingerprint density at radius 3 is 2.32 bits per heavy atom. The summed E-state index contributed by atoms with van der Waals surface area (Å²) in [6.07, 6.45) is 3.92. The molecule has 3 amide bonds. The largest absolute Gasteiger partial charge is 0.352 e. The molecule has 0 radical (unpaired) electrons. The van der Waals surface area contributed by atoms with Crippen LogP contribution in [0.4, 0.5) is 0 Å². The molecule has 0 saturated carbocycles. The van der Waals surface area contributed by atoms with Crippen LogP contribution in [0.3, 0.4) is 0 Å². The number of fused-ring (bicyclic) bond motifs is 2. The van der Waals surface area contributed by atoms with Crippen molar-refractivity contribution in [3.63, 3.8) is 0 Å². The zero-order valence-corrected chi connectivity index (χ0v) is 15.1. The number of hydrogen-bond donors (Lipinski definition) is 1. The summed E-state index contributed by atoms with van der Waals surface area (Å²) < 4.78 is 0. The quantitative estimate of drug-likeness (QED) is 0.669. The van der Waals surface area contributed by atoms with Crippen molar-refractivity contribution in [2.75, 3.05) is 6.54 Å². The van der Waals surface area contributed by atoms with Crippen molar-refractivity contribution < 1.29 is 14.4 Å². The first-order valence-electron chi connectivity index (χ1n) is 9.05. The number of amides is 3. The molecule has 140 valence electrons. The normalized spacial score (nSPS) is 13.1. The van der Waals surface area contributed by atoms with Crippen LogP contribution >= 0.6 is 0 Å². The van der Waals surface area contributed by atoms with Gasteiger partial charge in [0.05, 0.1) is 22.2 Å². The maximum absolute atomic E-state index is 12.3. The summed E-state index contributed by atoms with van der Waals surface area (Å²) in [4.78, 5) is 46.4. The van der Waals surface area contributed by atoms with Crippen LogP contribution < -0.4 is 5.32 Å². The van der Waals surface area contributed by atoms with Crippen LogP contribution in [0.2, 0.25) is 0 Å². The van der Waals surface area contributed by atoms with Crippen LogP contribution in [0, 0.1) is 0 Å². The van der Waals surface area contributed by atoms with Crippen LogP contribution in [0.25, 0.3) is 11.0 Å². The van der Waals surface area contributed by atoms with Gasteiger partial charge >= 0.3 is 0 Å². The lowest BCUT2D eigenvalue weighted by atomic mass is 10.1. The van der Waals surface area contributed by atoms with Gasteiger partial charge in [-0.15, -0.1) is 0 Å². The summed E-state index contributed by atoms with van der Waals surface area (Å²) in [5.41, 5.74) is 3.37. The Morgan fingerprint density at radius 1 is 0.929 bits per heavy atom. The fourth-order valence-electron chi connectivity index (χ4n) is 3.25. The van der Waals surface area contributed by atoms with Gasteiger partial charge < -0.3 is 5.32 Å². The molecule has 1 N–H and O–H groups in total. The first-order valence-corrected chi connectivity index (χ1v) is 9.05. The molecule has 0 aliphatic carbocycles. The van der Waals surface area contributed by atoms with Crippen LogP contribution in [-0.2, 0) is 11.3 Å². The maximum atomic E-state index is 12.3. The van der Waals surface area contributed by atoms with E-state index in [0.29, 0.717) is 24.1 Å². The van der Waals surface area contributed by atoms with Gasteiger partial charge in [-0.1, -0.05) is 18.2 Å². The molecule has 0 atom stereocenters. The molecule has 7 heteroatoms. The Labute approximate surface area is 161 Å². The third kappa shape index (κ3) is 3.46. The first kappa shape index (κ1) is 17.8. The first-order chi connectivity index (χ1) is 13.6. The molecule has 1 aliphatic rings. The summed E-state index contributed by atoms with van der Waals surface area (Å²) in [6, 6.07) is 12.4. The maximum Gasteiger partial charge on any atom is 0.261 e.